The van der Waals surface area contributed by atoms with Gasteiger partial charge in [0, 0.05) is 19.1 Å². The maximum atomic E-state index is 12.2. The quantitative estimate of drug-likeness (QED) is 0.321. The van der Waals surface area contributed by atoms with Crippen LogP contribution in [0.2, 0.25) is 0 Å². The van der Waals surface area contributed by atoms with E-state index < -0.39 is 0 Å². The van der Waals surface area contributed by atoms with E-state index in [1.165, 1.54) is 11.3 Å². The molecule has 7 nitrogen and oxygen atoms in total. The van der Waals surface area contributed by atoms with E-state index in [2.05, 4.69) is 15.4 Å². The SMILES string of the molecule is COc1ccsc1C(=O)NC1CCN(C/C(N)=N/O)CC1. The Hall–Kier alpha value is -1.80. The first-order chi connectivity index (χ1) is 10.1. The molecule has 0 spiro atoms. The third-order valence-electron chi connectivity index (χ3n) is 3.49. The molecule has 0 aromatic carbocycles. The van der Waals surface area contributed by atoms with E-state index >= 15 is 0 Å². The lowest BCUT2D eigenvalue weighted by Crippen LogP contribution is -2.46. The van der Waals surface area contributed by atoms with Gasteiger partial charge in [-0.3, -0.25) is 9.69 Å². The van der Waals surface area contributed by atoms with Crippen LogP contribution in [0.4, 0.5) is 0 Å². The lowest BCUT2D eigenvalue weighted by atomic mass is 10.0. The van der Waals surface area contributed by atoms with Gasteiger partial charge in [-0.1, -0.05) is 5.16 Å². The van der Waals surface area contributed by atoms with Gasteiger partial charge in [0.15, 0.2) is 5.84 Å². The van der Waals surface area contributed by atoms with Crippen molar-refractivity contribution >= 4 is 23.1 Å². The third kappa shape index (κ3) is 4.08. The van der Waals surface area contributed by atoms with Gasteiger partial charge in [-0.2, -0.15) is 0 Å². The first-order valence-corrected chi connectivity index (χ1v) is 7.63. The van der Waals surface area contributed by atoms with Crippen LogP contribution in [0.5, 0.6) is 5.75 Å². The number of amidine groups is 1. The highest BCUT2D eigenvalue weighted by Crippen LogP contribution is 2.24. The number of piperidine rings is 1. The minimum absolute atomic E-state index is 0.0864. The summed E-state index contributed by atoms with van der Waals surface area (Å²) in [5, 5.41) is 16.4. The van der Waals surface area contributed by atoms with Crippen molar-refractivity contribution in [1.82, 2.24) is 10.2 Å². The van der Waals surface area contributed by atoms with Crippen molar-refractivity contribution in [2.24, 2.45) is 10.9 Å². The van der Waals surface area contributed by atoms with Gasteiger partial charge in [0.25, 0.3) is 5.91 Å². The number of hydrogen-bond donors (Lipinski definition) is 3. The minimum atomic E-state index is -0.0864. The average Bonchev–Trinajstić information content (AvgIpc) is 2.97. The molecule has 1 aromatic rings. The van der Waals surface area contributed by atoms with Crippen LogP contribution >= 0.6 is 11.3 Å². The number of hydrogen-bond acceptors (Lipinski definition) is 6. The fourth-order valence-corrected chi connectivity index (χ4v) is 3.13. The molecule has 0 saturated carbocycles. The predicted molar refractivity (Wildman–Crippen MR) is 81.2 cm³/mol. The number of rotatable bonds is 5. The van der Waals surface area contributed by atoms with Crippen molar-refractivity contribution in [3.8, 4) is 5.75 Å². The summed E-state index contributed by atoms with van der Waals surface area (Å²) in [6, 6.07) is 1.94. The van der Waals surface area contributed by atoms with Gasteiger partial charge in [0.05, 0.1) is 13.7 Å². The molecule has 0 unspecified atom stereocenters. The van der Waals surface area contributed by atoms with Crippen LogP contribution in [0.1, 0.15) is 22.5 Å². The smallest absolute Gasteiger partial charge is 0.265 e. The number of thiophene rings is 1. The van der Waals surface area contributed by atoms with E-state index in [0.717, 1.165) is 25.9 Å². The second-order valence-corrected chi connectivity index (χ2v) is 5.85. The first-order valence-electron chi connectivity index (χ1n) is 6.75. The minimum Gasteiger partial charge on any atom is -0.495 e. The fraction of sp³-hybridized carbons (Fsp3) is 0.538. The number of nitrogens with two attached hydrogens (primary N) is 1. The van der Waals surface area contributed by atoms with Crippen LogP contribution in [-0.2, 0) is 0 Å². The van der Waals surface area contributed by atoms with Gasteiger partial charge in [-0.05, 0) is 24.3 Å². The van der Waals surface area contributed by atoms with Crippen LogP contribution < -0.4 is 15.8 Å². The molecule has 4 N–H and O–H groups in total. The second kappa shape index (κ2) is 7.28. The number of methoxy groups -OCH3 is 1. The number of likely N-dealkylation sites (tertiary alicyclic amines) is 1. The number of oxime groups is 1. The summed E-state index contributed by atoms with van der Waals surface area (Å²) < 4.78 is 5.16. The summed E-state index contributed by atoms with van der Waals surface area (Å²) in [5.74, 6) is 0.736. The third-order valence-corrected chi connectivity index (χ3v) is 4.39. The van der Waals surface area contributed by atoms with Crippen molar-refractivity contribution in [1.29, 1.82) is 0 Å². The number of amides is 1. The zero-order chi connectivity index (χ0) is 15.2. The van der Waals surface area contributed by atoms with Crippen LogP contribution in [0.25, 0.3) is 0 Å². The number of carbonyl (C=O) groups is 1. The maximum absolute atomic E-state index is 12.2. The molecule has 2 rings (SSSR count). The summed E-state index contributed by atoms with van der Waals surface area (Å²) in [5.41, 5.74) is 5.49. The molecule has 0 atom stereocenters. The summed E-state index contributed by atoms with van der Waals surface area (Å²) >= 11 is 1.38. The highest BCUT2D eigenvalue weighted by atomic mass is 32.1. The van der Waals surface area contributed by atoms with Crippen molar-refractivity contribution in [2.75, 3.05) is 26.7 Å². The second-order valence-electron chi connectivity index (χ2n) is 4.93. The van der Waals surface area contributed by atoms with Gasteiger partial charge in [-0.15, -0.1) is 11.3 Å². The molecule has 1 amide bonds. The van der Waals surface area contributed by atoms with Gasteiger partial charge >= 0.3 is 0 Å². The average molecular weight is 312 g/mol. The molecular weight excluding hydrogens is 292 g/mol. The molecule has 116 valence electrons. The monoisotopic (exact) mass is 312 g/mol. The fourth-order valence-electron chi connectivity index (χ4n) is 2.37. The number of ether oxygens (including phenoxy) is 1. The topological polar surface area (TPSA) is 100 Å². The maximum Gasteiger partial charge on any atom is 0.265 e. The molecule has 0 bridgehead atoms. The Balaban J connectivity index is 1.82. The molecule has 21 heavy (non-hydrogen) atoms. The predicted octanol–water partition coefficient (Wildman–Crippen LogP) is 0.697. The summed E-state index contributed by atoms with van der Waals surface area (Å²) in [4.78, 5) is 14.9. The molecule has 0 radical (unpaired) electrons. The van der Waals surface area contributed by atoms with Crippen LogP contribution in [-0.4, -0.2) is 54.6 Å². The molecule has 1 fully saturated rings. The molecule has 2 heterocycles. The van der Waals surface area contributed by atoms with Crippen LogP contribution in [0.15, 0.2) is 16.6 Å². The summed E-state index contributed by atoms with van der Waals surface area (Å²) in [7, 11) is 1.56. The Morgan fingerprint density at radius 3 is 2.95 bits per heavy atom. The van der Waals surface area contributed by atoms with Crippen molar-refractivity contribution in [2.45, 2.75) is 18.9 Å². The van der Waals surface area contributed by atoms with Gasteiger partial charge in [-0.25, -0.2) is 0 Å². The van der Waals surface area contributed by atoms with E-state index in [0.29, 0.717) is 17.2 Å². The lowest BCUT2D eigenvalue weighted by molar-refractivity contribution is 0.0916. The Morgan fingerprint density at radius 1 is 1.62 bits per heavy atom. The Kier molecular flexibility index (Phi) is 5.40. The molecule has 1 aliphatic rings. The van der Waals surface area contributed by atoms with Crippen molar-refractivity contribution < 1.29 is 14.7 Å². The first kappa shape index (κ1) is 15.6. The number of carbonyl (C=O) groups excluding carboxylic acids is 1. The van der Waals surface area contributed by atoms with Crippen molar-refractivity contribution in [3.05, 3.63) is 16.3 Å². The molecule has 1 aromatic heterocycles. The Morgan fingerprint density at radius 2 is 2.33 bits per heavy atom. The number of nitrogens with one attached hydrogen (secondary N) is 1. The van der Waals surface area contributed by atoms with E-state index in [4.69, 9.17) is 15.7 Å². The standard InChI is InChI=1S/C13H20N4O3S/c1-20-10-4-7-21-12(10)13(18)15-9-2-5-17(6-3-9)8-11(14)16-19/h4,7,9,19H,2-3,5-6,8H2,1H3,(H2,14,16)(H,15,18). The van der Waals surface area contributed by atoms with Gasteiger partial charge < -0.3 is 21.0 Å². The molecular formula is C13H20N4O3S. The summed E-state index contributed by atoms with van der Waals surface area (Å²) in [6.45, 7) is 2.07. The van der Waals surface area contributed by atoms with Gasteiger partial charge in [0.1, 0.15) is 10.6 Å². The molecule has 0 aliphatic carbocycles. The normalized spacial score (nSPS) is 17.7. The Labute approximate surface area is 127 Å². The highest BCUT2D eigenvalue weighted by molar-refractivity contribution is 7.12. The molecule has 1 saturated heterocycles. The largest absolute Gasteiger partial charge is 0.495 e. The van der Waals surface area contributed by atoms with Crippen LogP contribution in [0.3, 0.4) is 0 Å². The molecule has 8 heteroatoms. The van der Waals surface area contributed by atoms with E-state index in [-0.39, 0.29) is 17.8 Å². The van der Waals surface area contributed by atoms with E-state index in [9.17, 15) is 4.79 Å². The lowest BCUT2D eigenvalue weighted by Gasteiger charge is -2.31. The van der Waals surface area contributed by atoms with E-state index in [1.54, 1.807) is 13.2 Å². The Bertz CT molecular complexity index is 509. The van der Waals surface area contributed by atoms with E-state index in [1.807, 2.05) is 5.38 Å². The zero-order valence-electron chi connectivity index (χ0n) is 11.9. The summed E-state index contributed by atoms with van der Waals surface area (Å²) in [6.07, 6.45) is 1.69. The van der Waals surface area contributed by atoms with Gasteiger partial charge in [0.2, 0.25) is 0 Å². The molecule has 1 aliphatic heterocycles. The van der Waals surface area contributed by atoms with Crippen molar-refractivity contribution in [3.63, 3.8) is 0 Å². The highest BCUT2D eigenvalue weighted by Gasteiger charge is 2.23. The zero-order valence-corrected chi connectivity index (χ0v) is 12.7. The van der Waals surface area contributed by atoms with Crippen LogP contribution in [0, 0.1) is 0 Å². The number of nitrogens with zero attached hydrogens (tertiary/aromatic N) is 2.